The molecule has 0 spiro atoms. The second-order valence-corrected chi connectivity index (χ2v) is 7.41. The van der Waals surface area contributed by atoms with E-state index in [0.29, 0.717) is 9.90 Å². The molecule has 1 aromatic rings. The van der Waals surface area contributed by atoms with Gasteiger partial charge < -0.3 is 9.84 Å². The summed E-state index contributed by atoms with van der Waals surface area (Å²) in [6.07, 6.45) is 0.0448. The molecule has 0 fully saturated rings. The molecule has 19 heavy (non-hydrogen) atoms. The summed E-state index contributed by atoms with van der Waals surface area (Å²) in [5.74, 6) is -1.25. The third-order valence-electron chi connectivity index (χ3n) is 2.31. The van der Waals surface area contributed by atoms with Gasteiger partial charge in [0.05, 0.1) is 4.34 Å². The van der Waals surface area contributed by atoms with E-state index in [2.05, 4.69) is 4.72 Å². The van der Waals surface area contributed by atoms with Crippen molar-refractivity contribution in [3.8, 4) is 0 Å². The number of carbonyl (C=O) groups is 1. The van der Waals surface area contributed by atoms with E-state index in [1.54, 1.807) is 6.92 Å². The largest absolute Gasteiger partial charge is 0.480 e. The van der Waals surface area contributed by atoms with Gasteiger partial charge in [-0.05, 0) is 25.0 Å². The van der Waals surface area contributed by atoms with Gasteiger partial charge >= 0.3 is 5.97 Å². The second-order valence-electron chi connectivity index (χ2n) is 3.82. The van der Waals surface area contributed by atoms with Crippen LogP contribution in [-0.4, -0.2) is 39.3 Å². The molecule has 0 saturated carbocycles. The number of halogens is 1. The number of carboxylic acids is 1. The fraction of sp³-hybridized carbons (Fsp3) is 0.500. The smallest absolute Gasteiger partial charge is 0.321 e. The lowest BCUT2D eigenvalue weighted by atomic mass is 10.2. The zero-order valence-electron chi connectivity index (χ0n) is 10.3. The maximum atomic E-state index is 12.0. The van der Waals surface area contributed by atoms with Crippen molar-refractivity contribution in [3.05, 3.63) is 16.0 Å². The number of rotatable bonds is 7. The van der Waals surface area contributed by atoms with Crippen molar-refractivity contribution in [2.45, 2.75) is 23.6 Å². The molecule has 1 atom stereocenters. The summed E-state index contributed by atoms with van der Waals surface area (Å²) < 4.78 is 31.3. The molecule has 1 aromatic heterocycles. The first-order valence-corrected chi connectivity index (χ1v) is 7.95. The fourth-order valence-corrected chi connectivity index (χ4v) is 4.23. The molecule has 0 bridgehead atoms. The Morgan fingerprint density at radius 3 is 2.68 bits per heavy atom. The van der Waals surface area contributed by atoms with Gasteiger partial charge in [-0.3, -0.25) is 4.79 Å². The van der Waals surface area contributed by atoms with Gasteiger partial charge in [0.25, 0.3) is 10.0 Å². The summed E-state index contributed by atoms with van der Waals surface area (Å²) in [4.78, 5) is 11.0. The van der Waals surface area contributed by atoms with Gasteiger partial charge in [-0.15, -0.1) is 11.3 Å². The summed E-state index contributed by atoms with van der Waals surface area (Å²) in [5.41, 5.74) is 0.635. The Morgan fingerprint density at radius 2 is 2.26 bits per heavy atom. The number of hydrogen-bond donors (Lipinski definition) is 2. The average molecular weight is 328 g/mol. The number of sulfonamides is 1. The summed E-state index contributed by atoms with van der Waals surface area (Å²) in [6, 6.07) is 0.177. The molecule has 1 unspecified atom stereocenters. The molecular weight excluding hydrogens is 314 g/mol. The molecule has 9 heteroatoms. The number of aliphatic carboxylic acids is 1. The third-order valence-corrected chi connectivity index (χ3v) is 5.81. The van der Waals surface area contributed by atoms with Crippen LogP contribution in [0, 0.1) is 6.92 Å². The molecule has 108 valence electrons. The Kier molecular flexibility index (Phi) is 5.75. The number of aryl methyl sites for hydroxylation is 1. The summed E-state index contributed by atoms with van der Waals surface area (Å²) >= 11 is 6.70. The first kappa shape index (κ1) is 16.4. The molecule has 0 radical (unpaired) electrons. The minimum atomic E-state index is -3.89. The maximum absolute atomic E-state index is 12.0. The van der Waals surface area contributed by atoms with Gasteiger partial charge in [0, 0.05) is 13.7 Å². The molecule has 1 rings (SSSR count). The summed E-state index contributed by atoms with van der Waals surface area (Å²) in [7, 11) is -2.48. The van der Waals surface area contributed by atoms with Crippen molar-refractivity contribution in [2.75, 3.05) is 13.7 Å². The summed E-state index contributed by atoms with van der Waals surface area (Å²) in [6.45, 7) is 1.82. The molecule has 0 aliphatic heterocycles. The van der Waals surface area contributed by atoms with Crippen LogP contribution in [0.1, 0.15) is 12.0 Å². The number of nitrogens with one attached hydrogen (secondary N) is 1. The first-order valence-electron chi connectivity index (χ1n) is 5.28. The van der Waals surface area contributed by atoms with Crippen LogP contribution < -0.4 is 4.72 Å². The minimum Gasteiger partial charge on any atom is -0.480 e. The van der Waals surface area contributed by atoms with Gasteiger partial charge in [-0.2, -0.15) is 4.72 Å². The van der Waals surface area contributed by atoms with E-state index < -0.39 is 22.0 Å². The van der Waals surface area contributed by atoms with E-state index >= 15 is 0 Å². The standard InChI is InChI=1S/C10H14ClNO5S2/c1-6-5-8(18-9(6)11)19(15,16)12-7(10(13)14)3-4-17-2/h5,7,12H,3-4H2,1-2H3,(H,13,14). The average Bonchev–Trinajstić information content (AvgIpc) is 2.65. The lowest BCUT2D eigenvalue weighted by molar-refractivity contribution is -0.139. The van der Waals surface area contributed by atoms with Crippen molar-refractivity contribution in [2.24, 2.45) is 0 Å². The van der Waals surface area contributed by atoms with Crippen LogP contribution in [0.15, 0.2) is 10.3 Å². The Bertz CT molecular complexity index is 535. The van der Waals surface area contributed by atoms with Gasteiger partial charge in [0.15, 0.2) is 0 Å². The maximum Gasteiger partial charge on any atom is 0.321 e. The predicted molar refractivity (Wildman–Crippen MR) is 72.3 cm³/mol. The predicted octanol–water partition coefficient (Wildman–Crippen LogP) is 1.48. The van der Waals surface area contributed by atoms with E-state index in [0.717, 1.165) is 11.3 Å². The second kappa shape index (κ2) is 6.67. The minimum absolute atomic E-state index is 0.00123. The zero-order chi connectivity index (χ0) is 14.6. The molecule has 1 heterocycles. The Balaban J connectivity index is 2.90. The topological polar surface area (TPSA) is 92.7 Å². The van der Waals surface area contributed by atoms with Crippen LogP contribution in [0.4, 0.5) is 0 Å². The van der Waals surface area contributed by atoms with E-state index in [-0.39, 0.29) is 17.2 Å². The van der Waals surface area contributed by atoms with Gasteiger partial charge in [-0.1, -0.05) is 11.6 Å². The van der Waals surface area contributed by atoms with Gasteiger partial charge in [-0.25, -0.2) is 8.42 Å². The van der Waals surface area contributed by atoms with Crippen LogP contribution in [0.25, 0.3) is 0 Å². The van der Waals surface area contributed by atoms with Crippen LogP contribution in [0.3, 0.4) is 0 Å². The Hall–Kier alpha value is -0.670. The van der Waals surface area contributed by atoms with Crippen molar-refractivity contribution >= 4 is 38.9 Å². The molecule has 0 saturated heterocycles. The number of carboxylic acid groups (broad SMARTS) is 1. The molecular formula is C10H14ClNO5S2. The molecule has 0 amide bonds. The third kappa shape index (κ3) is 4.43. The van der Waals surface area contributed by atoms with E-state index in [4.69, 9.17) is 21.4 Å². The molecule has 0 aliphatic carbocycles. The van der Waals surface area contributed by atoms with E-state index in [9.17, 15) is 13.2 Å². The highest BCUT2D eigenvalue weighted by molar-refractivity contribution is 7.91. The highest BCUT2D eigenvalue weighted by atomic mass is 35.5. The van der Waals surface area contributed by atoms with E-state index in [1.165, 1.54) is 13.2 Å². The van der Waals surface area contributed by atoms with Crippen LogP contribution in [0.2, 0.25) is 4.34 Å². The van der Waals surface area contributed by atoms with Crippen molar-refractivity contribution in [1.29, 1.82) is 0 Å². The van der Waals surface area contributed by atoms with Crippen LogP contribution >= 0.6 is 22.9 Å². The zero-order valence-corrected chi connectivity index (χ0v) is 12.7. The highest BCUT2D eigenvalue weighted by Gasteiger charge is 2.26. The fourth-order valence-electron chi connectivity index (χ4n) is 1.28. The molecule has 0 aliphatic rings. The van der Waals surface area contributed by atoms with Gasteiger partial charge in [0.1, 0.15) is 10.3 Å². The highest BCUT2D eigenvalue weighted by Crippen LogP contribution is 2.30. The van der Waals surface area contributed by atoms with Gasteiger partial charge in [0.2, 0.25) is 0 Å². The SMILES string of the molecule is COCCC(NS(=O)(=O)c1cc(C)c(Cl)s1)C(=O)O. The normalized spacial score (nSPS) is 13.4. The van der Waals surface area contributed by atoms with E-state index in [1.807, 2.05) is 0 Å². The first-order chi connectivity index (χ1) is 8.77. The monoisotopic (exact) mass is 327 g/mol. The molecule has 6 nitrogen and oxygen atoms in total. The quantitative estimate of drug-likeness (QED) is 0.791. The molecule has 2 N–H and O–H groups in total. The number of methoxy groups -OCH3 is 1. The Morgan fingerprint density at radius 1 is 1.63 bits per heavy atom. The van der Waals surface area contributed by atoms with Crippen molar-refractivity contribution in [3.63, 3.8) is 0 Å². The number of thiophene rings is 1. The van der Waals surface area contributed by atoms with Crippen LogP contribution in [-0.2, 0) is 19.6 Å². The van der Waals surface area contributed by atoms with Crippen molar-refractivity contribution in [1.82, 2.24) is 4.72 Å². The Labute approximate surface area is 120 Å². The number of hydrogen-bond acceptors (Lipinski definition) is 5. The summed E-state index contributed by atoms with van der Waals surface area (Å²) in [5, 5.41) is 8.96. The molecule has 0 aromatic carbocycles. The lowest BCUT2D eigenvalue weighted by Crippen LogP contribution is -2.41. The lowest BCUT2D eigenvalue weighted by Gasteiger charge is -2.13. The number of ether oxygens (including phenoxy) is 1. The van der Waals surface area contributed by atoms with Crippen LogP contribution in [0.5, 0.6) is 0 Å². The van der Waals surface area contributed by atoms with Crippen molar-refractivity contribution < 1.29 is 23.1 Å².